The monoisotopic (exact) mass is 252 g/mol. The average Bonchev–Trinajstić information content (AvgIpc) is 2.83. The van der Waals surface area contributed by atoms with E-state index in [0.717, 1.165) is 19.5 Å². The summed E-state index contributed by atoms with van der Waals surface area (Å²) in [4.78, 5) is 11.8. The van der Waals surface area contributed by atoms with Crippen molar-refractivity contribution >= 4 is 5.91 Å². The molecular weight excluding hydrogens is 224 g/mol. The minimum absolute atomic E-state index is 0.246. The molecule has 0 radical (unpaired) electrons. The van der Waals surface area contributed by atoms with Crippen LogP contribution in [0.1, 0.15) is 64.7 Å². The third kappa shape index (κ3) is 4.27. The Bertz CT molecular complexity index is 266. The summed E-state index contributed by atoms with van der Waals surface area (Å²) in [6, 6.07) is 0.576. The van der Waals surface area contributed by atoms with E-state index in [9.17, 15) is 4.79 Å². The zero-order chi connectivity index (χ0) is 12.8. The molecule has 3 nitrogen and oxygen atoms in total. The van der Waals surface area contributed by atoms with Crippen LogP contribution in [0.25, 0.3) is 0 Å². The van der Waals surface area contributed by atoms with Gasteiger partial charge in [0, 0.05) is 19.0 Å². The molecule has 1 aliphatic carbocycles. The Morgan fingerprint density at radius 3 is 2.72 bits per heavy atom. The molecule has 0 spiro atoms. The first-order valence-electron chi connectivity index (χ1n) is 7.68. The maximum atomic E-state index is 11.8. The smallest absolute Gasteiger partial charge is 0.220 e. The highest BCUT2D eigenvalue weighted by Crippen LogP contribution is 2.36. The van der Waals surface area contributed by atoms with Crippen LogP contribution in [0.3, 0.4) is 0 Å². The summed E-state index contributed by atoms with van der Waals surface area (Å²) in [6.07, 6.45) is 10.8. The molecule has 0 aromatic heterocycles. The molecule has 1 heterocycles. The lowest BCUT2D eigenvalue weighted by atomic mass is 9.89. The summed E-state index contributed by atoms with van der Waals surface area (Å²) >= 11 is 0. The molecule has 1 saturated heterocycles. The lowest BCUT2D eigenvalue weighted by Crippen LogP contribution is -2.37. The quantitative estimate of drug-likeness (QED) is 0.789. The fourth-order valence-electron chi connectivity index (χ4n) is 3.28. The van der Waals surface area contributed by atoms with E-state index in [-0.39, 0.29) is 5.91 Å². The lowest BCUT2D eigenvalue weighted by molar-refractivity contribution is -0.121. The van der Waals surface area contributed by atoms with Gasteiger partial charge in [-0.2, -0.15) is 0 Å². The average molecular weight is 252 g/mol. The zero-order valence-electron chi connectivity index (χ0n) is 11.8. The predicted molar refractivity (Wildman–Crippen MR) is 74.5 cm³/mol. The van der Waals surface area contributed by atoms with Crippen molar-refractivity contribution in [2.45, 2.75) is 70.8 Å². The SMILES string of the molecule is CC1(CNC(=O)CCC2CCCCN2)CCCC1. The number of hydrogen-bond donors (Lipinski definition) is 2. The Labute approximate surface area is 111 Å². The van der Waals surface area contributed by atoms with Crippen LogP contribution < -0.4 is 10.6 Å². The second-order valence-corrected chi connectivity index (χ2v) is 6.48. The van der Waals surface area contributed by atoms with Gasteiger partial charge in [-0.15, -0.1) is 0 Å². The molecule has 0 aromatic carbocycles. The van der Waals surface area contributed by atoms with E-state index in [1.165, 1.54) is 44.9 Å². The predicted octanol–water partition coefficient (Wildman–Crippen LogP) is 2.61. The second kappa shape index (κ2) is 6.55. The molecule has 3 heteroatoms. The third-order valence-electron chi connectivity index (χ3n) is 4.66. The first-order valence-corrected chi connectivity index (χ1v) is 7.68. The van der Waals surface area contributed by atoms with E-state index in [2.05, 4.69) is 17.6 Å². The fraction of sp³-hybridized carbons (Fsp3) is 0.933. The van der Waals surface area contributed by atoms with Gasteiger partial charge in [-0.25, -0.2) is 0 Å². The Morgan fingerprint density at radius 1 is 1.28 bits per heavy atom. The van der Waals surface area contributed by atoms with Crippen molar-refractivity contribution in [3.63, 3.8) is 0 Å². The second-order valence-electron chi connectivity index (χ2n) is 6.48. The Kier molecular flexibility index (Phi) is 5.04. The van der Waals surface area contributed by atoms with E-state index < -0.39 is 0 Å². The van der Waals surface area contributed by atoms with Crippen LogP contribution in [0.5, 0.6) is 0 Å². The molecule has 2 rings (SSSR count). The van der Waals surface area contributed by atoms with Gasteiger partial charge in [0.1, 0.15) is 0 Å². The maximum absolute atomic E-state index is 11.8. The molecule has 1 saturated carbocycles. The Morgan fingerprint density at radius 2 is 2.06 bits per heavy atom. The molecule has 2 fully saturated rings. The molecule has 1 amide bonds. The van der Waals surface area contributed by atoms with Crippen LogP contribution >= 0.6 is 0 Å². The Hall–Kier alpha value is -0.570. The third-order valence-corrected chi connectivity index (χ3v) is 4.66. The van der Waals surface area contributed by atoms with Gasteiger partial charge >= 0.3 is 0 Å². The van der Waals surface area contributed by atoms with Crippen molar-refractivity contribution in [3.8, 4) is 0 Å². The number of nitrogens with one attached hydrogen (secondary N) is 2. The molecule has 2 aliphatic rings. The number of carbonyl (C=O) groups is 1. The van der Waals surface area contributed by atoms with Crippen molar-refractivity contribution in [2.24, 2.45) is 5.41 Å². The standard InChI is InChI=1S/C15H28N2O/c1-15(9-3-4-10-15)12-17-14(18)8-7-13-6-2-5-11-16-13/h13,16H,2-12H2,1H3,(H,17,18). The van der Waals surface area contributed by atoms with Crippen LogP contribution in [0, 0.1) is 5.41 Å². The van der Waals surface area contributed by atoms with Crippen molar-refractivity contribution < 1.29 is 4.79 Å². The van der Waals surface area contributed by atoms with Crippen molar-refractivity contribution in [1.82, 2.24) is 10.6 Å². The molecule has 1 atom stereocenters. The first-order chi connectivity index (χ1) is 8.68. The highest BCUT2D eigenvalue weighted by atomic mass is 16.1. The van der Waals surface area contributed by atoms with Crippen LogP contribution in [0.4, 0.5) is 0 Å². The van der Waals surface area contributed by atoms with Gasteiger partial charge in [0.05, 0.1) is 0 Å². The van der Waals surface area contributed by atoms with Gasteiger partial charge in [-0.1, -0.05) is 26.2 Å². The summed E-state index contributed by atoms with van der Waals surface area (Å²) in [6.45, 7) is 4.32. The van der Waals surface area contributed by atoms with E-state index in [4.69, 9.17) is 0 Å². The number of amides is 1. The van der Waals surface area contributed by atoms with E-state index in [1.54, 1.807) is 0 Å². The summed E-state index contributed by atoms with van der Waals surface area (Å²) < 4.78 is 0. The van der Waals surface area contributed by atoms with Crippen molar-refractivity contribution in [2.75, 3.05) is 13.1 Å². The molecule has 1 aliphatic heterocycles. The summed E-state index contributed by atoms with van der Waals surface area (Å²) in [5.74, 6) is 0.246. The normalized spacial score (nSPS) is 27.1. The summed E-state index contributed by atoms with van der Waals surface area (Å²) in [5, 5.41) is 6.64. The van der Waals surface area contributed by atoms with Crippen LogP contribution in [-0.4, -0.2) is 25.0 Å². The number of carbonyl (C=O) groups excluding carboxylic acids is 1. The molecule has 104 valence electrons. The van der Waals surface area contributed by atoms with Gasteiger partial charge in [-0.05, 0) is 44.1 Å². The molecule has 1 unspecified atom stereocenters. The molecule has 0 bridgehead atoms. The number of rotatable bonds is 5. The maximum Gasteiger partial charge on any atom is 0.220 e. The molecule has 0 aromatic rings. The lowest BCUT2D eigenvalue weighted by Gasteiger charge is -2.25. The van der Waals surface area contributed by atoms with E-state index in [1.807, 2.05) is 0 Å². The van der Waals surface area contributed by atoms with Gasteiger partial charge < -0.3 is 10.6 Å². The first kappa shape index (κ1) is 13.9. The molecule has 18 heavy (non-hydrogen) atoms. The van der Waals surface area contributed by atoms with Crippen molar-refractivity contribution in [1.29, 1.82) is 0 Å². The van der Waals surface area contributed by atoms with Crippen LogP contribution in [0.15, 0.2) is 0 Å². The minimum atomic E-state index is 0.246. The van der Waals surface area contributed by atoms with Crippen LogP contribution in [0.2, 0.25) is 0 Å². The topological polar surface area (TPSA) is 41.1 Å². The molecule has 2 N–H and O–H groups in total. The van der Waals surface area contributed by atoms with Crippen LogP contribution in [-0.2, 0) is 4.79 Å². The largest absolute Gasteiger partial charge is 0.356 e. The van der Waals surface area contributed by atoms with Gasteiger partial charge in [0.2, 0.25) is 5.91 Å². The highest BCUT2D eigenvalue weighted by Gasteiger charge is 2.28. The number of hydrogen-bond acceptors (Lipinski definition) is 2. The summed E-state index contributed by atoms with van der Waals surface area (Å²) in [7, 11) is 0. The van der Waals surface area contributed by atoms with Crippen molar-refractivity contribution in [3.05, 3.63) is 0 Å². The Balaban J connectivity index is 1.59. The van der Waals surface area contributed by atoms with Gasteiger partial charge in [-0.3, -0.25) is 4.79 Å². The van der Waals surface area contributed by atoms with Gasteiger partial charge in [0.15, 0.2) is 0 Å². The highest BCUT2D eigenvalue weighted by molar-refractivity contribution is 5.75. The number of piperidine rings is 1. The minimum Gasteiger partial charge on any atom is -0.356 e. The zero-order valence-corrected chi connectivity index (χ0v) is 11.8. The van der Waals surface area contributed by atoms with Gasteiger partial charge in [0.25, 0.3) is 0 Å². The van der Waals surface area contributed by atoms with E-state index in [0.29, 0.717) is 17.9 Å². The van der Waals surface area contributed by atoms with E-state index >= 15 is 0 Å². The molecular formula is C15H28N2O. The summed E-state index contributed by atoms with van der Waals surface area (Å²) in [5.41, 5.74) is 0.374. The fourth-order valence-corrected chi connectivity index (χ4v) is 3.28.